The second-order valence-electron chi connectivity index (χ2n) is 3.95. The number of nitrogens with zero attached hydrogens (tertiary/aromatic N) is 2. The highest BCUT2D eigenvalue weighted by Gasteiger charge is 2.05. The lowest BCUT2D eigenvalue weighted by molar-refractivity contribution is 0.281. The molecule has 1 heterocycles. The molecule has 18 heavy (non-hydrogen) atoms. The van der Waals surface area contributed by atoms with Gasteiger partial charge in [0.2, 0.25) is 0 Å². The molecule has 3 nitrogen and oxygen atoms in total. The fourth-order valence-corrected chi connectivity index (χ4v) is 3.12. The van der Waals surface area contributed by atoms with Gasteiger partial charge in [0.05, 0.1) is 6.61 Å². The fraction of sp³-hybridized carbons (Fsp3) is 0.231. The molecule has 0 fully saturated rings. The van der Waals surface area contributed by atoms with E-state index in [1.165, 1.54) is 11.8 Å². The van der Waals surface area contributed by atoms with Crippen molar-refractivity contribution in [2.24, 2.45) is 0 Å². The standard InChI is InChI=1S/C13H13BrN2OS/c1-8-5-9(2)16-13(15-8)18-11-4-3-10(7-17)12(14)6-11/h3-6,17H,7H2,1-2H3. The number of aliphatic hydroxyl groups is 1. The highest BCUT2D eigenvalue weighted by atomic mass is 79.9. The molecular formula is C13H13BrN2OS. The van der Waals surface area contributed by atoms with Gasteiger partial charge in [-0.05, 0) is 49.4 Å². The predicted octanol–water partition coefficient (Wildman–Crippen LogP) is 3.50. The number of aliphatic hydroxyl groups excluding tert-OH is 1. The minimum absolute atomic E-state index is 0.0333. The van der Waals surface area contributed by atoms with Gasteiger partial charge in [0.1, 0.15) is 0 Å². The van der Waals surface area contributed by atoms with Crippen LogP contribution in [-0.4, -0.2) is 15.1 Å². The zero-order valence-corrected chi connectivity index (χ0v) is 12.5. The van der Waals surface area contributed by atoms with E-state index in [1.54, 1.807) is 0 Å². The third-order valence-corrected chi connectivity index (χ3v) is 3.96. The molecule has 1 aromatic carbocycles. The molecule has 0 unspecified atom stereocenters. The molecule has 0 aliphatic carbocycles. The zero-order valence-electron chi connectivity index (χ0n) is 10.1. The van der Waals surface area contributed by atoms with Crippen LogP contribution in [0.3, 0.4) is 0 Å². The summed E-state index contributed by atoms with van der Waals surface area (Å²) >= 11 is 4.95. The molecule has 1 N–H and O–H groups in total. The monoisotopic (exact) mass is 324 g/mol. The Hall–Kier alpha value is -0.910. The van der Waals surface area contributed by atoms with Gasteiger partial charge in [-0.3, -0.25) is 0 Å². The van der Waals surface area contributed by atoms with Crippen LogP contribution in [0.25, 0.3) is 0 Å². The van der Waals surface area contributed by atoms with Gasteiger partial charge >= 0.3 is 0 Å². The van der Waals surface area contributed by atoms with E-state index < -0.39 is 0 Å². The van der Waals surface area contributed by atoms with Gasteiger partial charge in [-0.15, -0.1) is 0 Å². The first kappa shape index (κ1) is 13.5. The molecule has 5 heteroatoms. The van der Waals surface area contributed by atoms with E-state index in [0.29, 0.717) is 0 Å². The van der Waals surface area contributed by atoms with E-state index in [2.05, 4.69) is 25.9 Å². The van der Waals surface area contributed by atoms with Crippen molar-refractivity contribution in [2.45, 2.75) is 30.5 Å². The summed E-state index contributed by atoms with van der Waals surface area (Å²) in [5, 5.41) is 9.86. The van der Waals surface area contributed by atoms with E-state index >= 15 is 0 Å². The summed E-state index contributed by atoms with van der Waals surface area (Å²) in [4.78, 5) is 9.82. The molecule has 94 valence electrons. The van der Waals surface area contributed by atoms with Crippen molar-refractivity contribution in [3.63, 3.8) is 0 Å². The average molecular weight is 325 g/mol. The van der Waals surface area contributed by atoms with E-state index in [0.717, 1.165) is 31.5 Å². The lowest BCUT2D eigenvalue weighted by Gasteiger charge is -2.05. The Morgan fingerprint density at radius 1 is 1.17 bits per heavy atom. The van der Waals surface area contributed by atoms with Crippen LogP contribution in [0.2, 0.25) is 0 Å². The SMILES string of the molecule is Cc1cc(C)nc(Sc2ccc(CO)c(Br)c2)n1. The fourth-order valence-electron chi connectivity index (χ4n) is 1.56. The van der Waals surface area contributed by atoms with Crippen molar-refractivity contribution in [2.75, 3.05) is 0 Å². The summed E-state index contributed by atoms with van der Waals surface area (Å²) in [6, 6.07) is 7.78. The smallest absolute Gasteiger partial charge is 0.192 e. The average Bonchev–Trinajstić information content (AvgIpc) is 2.27. The number of benzene rings is 1. The molecule has 0 radical (unpaired) electrons. The summed E-state index contributed by atoms with van der Waals surface area (Å²) in [5.41, 5.74) is 2.81. The minimum Gasteiger partial charge on any atom is -0.392 e. The zero-order chi connectivity index (χ0) is 13.1. The minimum atomic E-state index is 0.0333. The van der Waals surface area contributed by atoms with Crippen LogP contribution in [0.1, 0.15) is 17.0 Å². The maximum absolute atomic E-state index is 9.11. The van der Waals surface area contributed by atoms with E-state index in [1.807, 2.05) is 38.1 Å². The van der Waals surface area contributed by atoms with Crippen molar-refractivity contribution in [1.29, 1.82) is 0 Å². The summed E-state index contributed by atoms with van der Waals surface area (Å²) < 4.78 is 0.902. The van der Waals surface area contributed by atoms with Crippen molar-refractivity contribution in [1.82, 2.24) is 9.97 Å². The first-order valence-corrected chi connectivity index (χ1v) is 7.09. The molecule has 2 rings (SSSR count). The van der Waals surface area contributed by atoms with Gasteiger partial charge < -0.3 is 5.11 Å². The van der Waals surface area contributed by atoms with Crippen LogP contribution >= 0.6 is 27.7 Å². The Morgan fingerprint density at radius 2 is 1.83 bits per heavy atom. The van der Waals surface area contributed by atoms with E-state index in [9.17, 15) is 0 Å². The van der Waals surface area contributed by atoms with Gasteiger partial charge in [0, 0.05) is 20.8 Å². The number of halogens is 1. The largest absolute Gasteiger partial charge is 0.392 e. The third-order valence-electron chi connectivity index (χ3n) is 2.37. The molecule has 0 spiro atoms. The van der Waals surface area contributed by atoms with E-state index in [-0.39, 0.29) is 6.61 Å². The maximum Gasteiger partial charge on any atom is 0.192 e. The number of hydrogen-bond donors (Lipinski definition) is 1. The van der Waals surface area contributed by atoms with Crippen molar-refractivity contribution < 1.29 is 5.11 Å². The Kier molecular flexibility index (Phi) is 4.37. The molecule has 0 bridgehead atoms. The normalized spacial score (nSPS) is 10.7. The lowest BCUT2D eigenvalue weighted by Crippen LogP contribution is -1.92. The van der Waals surface area contributed by atoms with Crippen LogP contribution in [0, 0.1) is 13.8 Å². The van der Waals surface area contributed by atoms with Crippen molar-refractivity contribution >= 4 is 27.7 Å². The molecule has 2 aromatic rings. The first-order chi connectivity index (χ1) is 8.58. The van der Waals surface area contributed by atoms with Crippen LogP contribution in [-0.2, 0) is 6.61 Å². The van der Waals surface area contributed by atoms with Gasteiger partial charge in [-0.2, -0.15) is 0 Å². The first-order valence-electron chi connectivity index (χ1n) is 5.48. The number of hydrogen-bond acceptors (Lipinski definition) is 4. The third kappa shape index (κ3) is 3.31. The number of aryl methyl sites for hydroxylation is 2. The molecular weight excluding hydrogens is 312 g/mol. The number of rotatable bonds is 3. The molecule has 0 atom stereocenters. The van der Waals surface area contributed by atoms with Crippen LogP contribution in [0.5, 0.6) is 0 Å². The van der Waals surface area contributed by atoms with Crippen LogP contribution in [0.15, 0.2) is 38.8 Å². The molecule has 0 amide bonds. The Bertz CT molecular complexity index is 555. The summed E-state index contributed by atoms with van der Waals surface area (Å²) in [6.45, 7) is 3.96. The maximum atomic E-state index is 9.11. The van der Waals surface area contributed by atoms with Crippen LogP contribution in [0.4, 0.5) is 0 Å². The van der Waals surface area contributed by atoms with E-state index in [4.69, 9.17) is 5.11 Å². The summed E-state index contributed by atoms with van der Waals surface area (Å²) in [5.74, 6) is 0. The highest BCUT2D eigenvalue weighted by Crippen LogP contribution is 2.29. The Balaban J connectivity index is 2.25. The van der Waals surface area contributed by atoms with Crippen molar-refractivity contribution in [3.05, 3.63) is 45.7 Å². The number of aromatic nitrogens is 2. The lowest BCUT2D eigenvalue weighted by atomic mass is 10.2. The van der Waals surface area contributed by atoms with Crippen molar-refractivity contribution in [3.8, 4) is 0 Å². The van der Waals surface area contributed by atoms with Gasteiger partial charge in [0.15, 0.2) is 5.16 Å². The predicted molar refractivity (Wildman–Crippen MR) is 75.7 cm³/mol. The molecule has 0 saturated carbocycles. The Labute approximate surface area is 119 Å². The second kappa shape index (κ2) is 5.82. The van der Waals surface area contributed by atoms with Gasteiger partial charge in [-0.1, -0.05) is 22.0 Å². The Morgan fingerprint density at radius 3 is 2.39 bits per heavy atom. The second-order valence-corrected chi connectivity index (χ2v) is 5.84. The van der Waals surface area contributed by atoms with Gasteiger partial charge in [-0.25, -0.2) is 9.97 Å². The topological polar surface area (TPSA) is 46.0 Å². The highest BCUT2D eigenvalue weighted by molar-refractivity contribution is 9.10. The summed E-state index contributed by atoms with van der Waals surface area (Å²) in [6.07, 6.45) is 0. The molecule has 0 aliphatic heterocycles. The van der Waals surface area contributed by atoms with Crippen LogP contribution < -0.4 is 0 Å². The summed E-state index contributed by atoms with van der Waals surface area (Å²) in [7, 11) is 0. The molecule has 0 aliphatic rings. The quantitative estimate of drug-likeness (QED) is 0.878. The molecule has 1 aromatic heterocycles. The van der Waals surface area contributed by atoms with Gasteiger partial charge in [0.25, 0.3) is 0 Å². The molecule has 0 saturated heterocycles.